The van der Waals surface area contributed by atoms with Crippen LogP contribution in [-0.4, -0.2) is 47.8 Å². The second kappa shape index (κ2) is 7.10. The summed E-state index contributed by atoms with van der Waals surface area (Å²) < 4.78 is 5.09. The van der Waals surface area contributed by atoms with Crippen LogP contribution in [0, 0.1) is 17.8 Å². The number of hydrogen-bond acceptors (Lipinski definition) is 4. The van der Waals surface area contributed by atoms with Crippen LogP contribution in [0.4, 0.5) is 0 Å². The number of aliphatic hydroxyl groups is 1. The van der Waals surface area contributed by atoms with Gasteiger partial charge in [-0.1, -0.05) is 13.8 Å². The van der Waals surface area contributed by atoms with Gasteiger partial charge in [0, 0.05) is 13.1 Å². The van der Waals surface area contributed by atoms with Crippen molar-refractivity contribution in [3.63, 3.8) is 0 Å². The Bertz CT molecular complexity index is 348. The maximum absolute atomic E-state index is 11.8. The highest BCUT2D eigenvalue weighted by Gasteiger charge is 2.39. The van der Waals surface area contributed by atoms with Crippen molar-refractivity contribution in [1.82, 2.24) is 4.90 Å². The normalized spacial score (nSPS) is 34.3. The fraction of sp³-hybridized carbons (Fsp3) is 0.941. The van der Waals surface area contributed by atoms with Crippen molar-refractivity contribution in [3.8, 4) is 0 Å². The van der Waals surface area contributed by atoms with E-state index in [0.717, 1.165) is 57.2 Å². The Labute approximate surface area is 128 Å². The number of esters is 1. The number of carbonyl (C=O) groups excluding carboxylic acids is 1. The molecule has 2 fully saturated rings. The largest absolute Gasteiger partial charge is 0.466 e. The van der Waals surface area contributed by atoms with E-state index in [1.807, 2.05) is 6.92 Å². The molecule has 4 heteroatoms. The zero-order valence-corrected chi connectivity index (χ0v) is 13.8. The van der Waals surface area contributed by atoms with E-state index in [1.54, 1.807) is 0 Å². The second-order valence-electron chi connectivity index (χ2n) is 7.28. The van der Waals surface area contributed by atoms with Gasteiger partial charge in [0.15, 0.2) is 0 Å². The van der Waals surface area contributed by atoms with E-state index in [1.165, 1.54) is 6.42 Å². The van der Waals surface area contributed by atoms with E-state index in [4.69, 9.17) is 4.74 Å². The average molecular weight is 297 g/mol. The fourth-order valence-electron chi connectivity index (χ4n) is 3.78. The lowest BCUT2D eigenvalue weighted by Gasteiger charge is -2.38. The Morgan fingerprint density at radius 3 is 2.52 bits per heavy atom. The van der Waals surface area contributed by atoms with Crippen LogP contribution in [-0.2, 0) is 9.53 Å². The SMILES string of the molecule is CCOC(=O)C1CCC(O)(CN2CCC(C(C)C)C2)CC1. The van der Waals surface area contributed by atoms with E-state index in [-0.39, 0.29) is 11.9 Å². The summed E-state index contributed by atoms with van der Waals surface area (Å²) in [5, 5.41) is 10.8. The molecule has 1 unspecified atom stereocenters. The van der Waals surface area contributed by atoms with Crippen molar-refractivity contribution < 1.29 is 14.6 Å². The van der Waals surface area contributed by atoms with E-state index < -0.39 is 5.60 Å². The number of nitrogens with zero attached hydrogens (tertiary/aromatic N) is 1. The molecule has 0 bridgehead atoms. The van der Waals surface area contributed by atoms with Gasteiger partial charge < -0.3 is 14.7 Å². The molecule has 2 aliphatic rings. The first kappa shape index (κ1) is 16.8. The molecule has 1 heterocycles. The zero-order chi connectivity index (χ0) is 15.5. The molecule has 1 saturated heterocycles. The molecule has 4 nitrogen and oxygen atoms in total. The Balaban J connectivity index is 1.79. The number of β-amino-alcohol motifs (C(OH)–C–C–N with tert-alkyl or cyclic N) is 1. The minimum atomic E-state index is -0.602. The highest BCUT2D eigenvalue weighted by atomic mass is 16.5. The Kier molecular flexibility index (Phi) is 5.67. The minimum Gasteiger partial charge on any atom is -0.466 e. The van der Waals surface area contributed by atoms with Crippen LogP contribution in [0.15, 0.2) is 0 Å². The van der Waals surface area contributed by atoms with Crippen molar-refractivity contribution in [2.45, 2.75) is 58.5 Å². The predicted molar refractivity (Wildman–Crippen MR) is 82.9 cm³/mol. The number of carbonyl (C=O) groups is 1. The molecule has 0 aromatic rings. The summed E-state index contributed by atoms with van der Waals surface area (Å²) in [7, 11) is 0. The molecule has 122 valence electrons. The Hall–Kier alpha value is -0.610. The summed E-state index contributed by atoms with van der Waals surface area (Å²) in [6.45, 7) is 9.85. The van der Waals surface area contributed by atoms with Gasteiger partial charge in [0.05, 0.1) is 18.1 Å². The van der Waals surface area contributed by atoms with Gasteiger partial charge >= 0.3 is 5.97 Å². The first-order valence-corrected chi connectivity index (χ1v) is 8.55. The maximum atomic E-state index is 11.8. The molecule has 1 saturated carbocycles. The van der Waals surface area contributed by atoms with Crippen molar-refractivity contribution in [2.75, 3.05) is 26.2 Å². The monoisotopic (exact) mass is 297 g/mol. The van der Waals surface area contributed by atoms with Crippen molar-refractivity contribution in [2.24, 2.45) is 17.8 Å². The molecule has 21 heavy (non-hydrogen) atoms. The highest BCUT2D eigenvalue weighted by Crippen LogP contribution is 2.35. The van der Waals surface area contributed by atoms with Crippen molar-refractivity contribution >= 4 is 5.97 Å². The van der Waals surface area contributed by atoms with Gasteiger partial charge in [-0.15, -0.1) is 0 Å². The van der Waals surface area contributed by atoms with Crippen LogP contribution < -0.4 is 0 Å². The summed E-state index contributed by atoms with van der Waals surface area (Å²) >= 11 is 0. The molecule has 0 spiro atoms. The van der Waals surface area contributed by atoms with Crippen LogP contribution in [0.3, 0.4) is 0 Å². The molecule has 2 rings (SSSR count). The molecule has 0 aromatic carbocycles. The highest BCUT2D eigenvalue weighted by molar-refractivity contribution is 5.72. The molecule has 0 radical (unpaired) electrons. The van der Waals surface area contributed by atoms with E-state index in [9.17, 15) is 9.90 Å². The van der Waals surface area contributed by atoms with Gasteiger partial charge in [-0.05, 0) is 57.4 Å². The Morgan fingerprint density at radius 1 is 1.33 bits per heavy atom. The van der Waals surface area contributed by atoms with Gasteiger partial charge in [0.2, 0.25) is 0 Å². The number of hydrogen-bond donors (Lipinski definition) is 1. The molecular weight excluding hydrogens is 266 g/mol. The van der Waals surface area contributed by atoms with Crippen LogP contribution >= 0.6 is 0 Å². The third-order valence-corrected chi connectivity index (χ3v) is 5.31. The minimum absolute atomic E-state index is 0.00721. The summed E-state index contributed by atoms with van der Waals surface area (Å²) in [5.74, 6) is 1.40. The van der Waals surface area contributed by atoms with Crippen LogP contribution in [0.2, 0.25) is 0 Å². The van der Waals surface area contributed by atoms with Crippen molar-refractivity contribution in [3.05, 3.63) is 0 Å². The standard InChI is InChI=1S/C17H31NO3/c1-4-21-16(19)14-5-8-17(20,9-6-14)12-18-10-7-15(11-18)13(2)3/h13-15,20H,4-12H2,1-3H3. The van der Waals surface area contributed by atoms with Gasteiger partial charge in [-0.25, -0.2) is 0 Å². The molecule has 1 N–H and O–H groups in total. The molecular formula is C17H31NO3. The third-order valence-electron chi connectivity index (χ3n) is 5.31. The number of ether oxygens (including phenoxy) is 1. The maximum Gasteiger partial charge on any atom is 0.308 e. The summed E-state index contributed by atoms with van der Waals surface area (Å²) in [6, 6.07) is 0. The number of rotatable bonds is 5. The van der Waals surface area contributed by atoms with Gasteiger partial charge in [-0.3, -0.25) is 4.79 Å². The molecule has 0 aromatic heterocycles. The first-order valence-electron chi connectivity index (χ1n) is 8.55. The lowest BCUT2D eigenvalue weighted by Crippen LogP contribution is -2.45. The van der Waals surface area contributed by atoms with Gasteiger partial charge in [0.25, 0.3) is 0 Å². The number of likely N-dealkylation sites (tertiary alicyclic amines) is 1. The molecule has 1 aliphatic carbocycles. The fourth-order valence-corrected chi connectivity index (χ4v) is 3.78. The van der Waals surface area contributed by atoms with Gasteiger partial charge in [0.1, 0.15) is 0 Å². The molecule has 1 aliphatic heterocycles. The zero-order valence-electron chi connectivity index (χ0n) is 13.8. The summed E-state index contributed by atoms with van der Waals surface area (Å²) in [5.41, 5.74) is -0.602. The third kappa shape index (κ3) is 4.43. The molecule has 1 atom stereocenters. The lowest BCUT2D eigenvalue weighted by atomic mass is 9.78. The van der Waals surface area contributed by atoms with E-state index in [0.29, 0.717) is 6.61 Å². The first-order chi connectivity index (χ1) is 9.93. The quantitative estimate of drug-likeness (QED) is 0.792. The van der Waals surface area contributed by atoms with E-state index in [2.05, 4.69) is 18.7 Å². The van der Waals surface area contributed by atoms with Crippen LogP contribution in [0.5, 0.6) is 0 Å². The van der Waals surface area contributed by atoms with Crippen molar-refractivity contribution in [1.29, 1.82) is 0 Å². The summed E-state index contributed by atoms with van der Waals surface area (Å²) in [6.07, 6.45) is 4.21. The van der Waals surface area contributed by atoms with E-state index >= 15 is 0 Å². The van der Waals surface area contributed by atoms with Crippen LogP contribution in [0.1, 0.15) is 52.9 Å². The van der Waals surface area contributed by atoms with Crippen LogP contribution in [0.25, 0.3) is 0 Å². The Morgan fingerprint density at radius 2 is 2.00 bits per heavy atom. The topological polar surface area (TPSA) is 49.8 Å². The lowest BCUT2D eigenvalue weighted by molar-refractivity contribution is -0.151. The second-order valence-corrected chi connectivity index (χ2v) is 7.28. The van der Waals surface area contributed by atoms with Gasteiger partial charge in [-0.2, -0.15) is 0 Å². The average Bonchev–Trinajstić information content (AvgIpc) is 2.88. The summed E-state index contributed by atoms with van der Waals surface area (Å²) in [4.78, 5) is 14.2. The molecule has 0 amide bonds. The smallest absolute Gasteiger partial charge is 0.308 e. The predicted octanol–water partition coefficient (Wildman–Crippen LogP) is 2.45.